The van der Waals surface area contributed by atoms with Crippen molar-refractivity contribution in [2.24, 2.45) is 5.92 Å². The van der Waals surface area contributed by atoms with E-state index < -0.39 is 0 Å². The van der Waals surface area contributed by atoms with Crippen molar-refractivity contribution in [3.05, 3.63) is 35.6 Å². The number of amides is 2. The van der Waals surface area contributed by atoms with Crippen molar-refractivity contribution in [3.63, 3.8) is 0 Å². The Labute approximate surface area is 148 Å². The molecule has 134 valence electrons. The van der Waals surface area contributed by atoms with E-state index in [1.807, 2.05) is 6.92 Å². The second kappa shape index (κ2) is 10.3. The van der Waals surface area contributed by atoms with Gasteiger partial charge in [0.25, 0.3) is 0 Å². The second-order valence-corrected chi connectivity index (χ2v) is 5.89. The minimum Gasteiger partial charge on any atom is -0.350 e. The molecule has 0 saturated heterocycles. The number of hydrogen-bond acceptors (Lipinski definition) is 3. The topological polar surface area (TPSA) is 61.4 Å². The second-order valence-electron chi connectivity index (χ2n) is 5.89. The van der Waals surface area contributed by atoms with E-state index in [4.69, 9.17) is 0 Å². The Morgan fingerprint density at radius 1 is 1.25 bits per heavy atom. The van der Waals surface area contributed by atoms with Crippen LogP contribution >= 0.6 is 12.4 Å². The monoisotopic (exact) mass is 357 g/mol. The highest BCUT2D eigenvalue weighted by Crippen LogP contribution is 2.27. The molecule has 0 heterocycles. The lowest BCUT2D eigenvalue weighted by Gasteiger charge is -2.20. The Kier molecular flexibility index (Phi) is 8.71. The van der Waals surface area contributed by atoms with Crippen LogP contribution in [0.1, 0.15) is 25.3 Å². The molecule has 0 spiro atoms. The van der Waals surface area contributed by atoms with Gasteiger partial charge in [-0.2, -0.15) is 0 Å². The smallest absolute Gasteiger partial charge is 0.239 e. The molecule has 1 aromatic carbocycles. The van der Waals surface area contributed by atoms with Crippen molar-refractivity contribution in [1.82, 2.24) is 15.5 Å². The van der Waals surface area contributed by atoms with E-state index in [0.29, 0.717) is 13.1 Å². The summed E-state index contributed by atoms with van der Waals surface area (Å²) in [4.78, 5) is 25.5. The highest BCUT2D eigenvalue weighted by atomic mass is 35.5. The first-order valence-corrected chi connectivity index (χ1v) is 8.08. The number of benzene rings is 1. The van der Waals surface area contributed by atoms with E-state index in [1.54, 1.807) is 12.1 Å². The molecule has 2 N–H and O–H groups in total. The normalized spacial score (nSPS) is 13.1. The lowest BCUT2D eigenvalue weighted by molar-refractivity contribution is -0.135. The zero-order chi connectivity index (χ0) is 16.7. The van der Waals surface area contributed by atoms with Crippen molar-refractivity contribution in [2.45, 2.75) is 26.3 Å². The van der Waals surface area contributed by atoms with E-state index in [9.17, 15) is 14.0 Å². The number of hydrogen-bond donors (Lipinski definition) is 2. The van der Waals surface area contributed by atoms with Crippen LogP contribution in [0.4, 0.5) is 4.39 Å². The largest absolute Gasteiger partial charge is 0.350 e. The fourth-order valence-corrected chi connectivity index (χ4v) is 2.23. The number of nitrogens with one attached hydrogen (secondary N) is 2. The average molecular weight is 358 g/mol. The van der Waals surface area contributed by atoms with Crippen LogP contribution in [-0.2, 0) is 16.1 Å². The van der Waals surface area contributed by atoms with Gasteiger partial charge in [-0.1, -0.05) is 12.1 Å². The summed E-state index contributed by atoms with van der Waals surface area (Å²) >= 11 is 0. The molecule has 0 bridgehead atoms. The summed E-state index contributed by atoms with van der Waals surface area (Å²) in [6, 6.07) is 5.96. The van der Waals surface area contributed by atoms with Crippen molar-refractivity contribution in [2.75, 3.05) is 26.2 Å². The maximum absolute atomic E-state index is 12.8. The predicted octanol–water partition coefficient (Wildman–Crippen LogP) is 1.71. The molecule has 24 heavy (non-hydrogen) atoms. The molecule has 0 unspecified atom stereocenters. The highest BCUT2D eigenvalue weighted by molar-refractivity contribution is 5.86. The SMILES string of the molecule is CCN(CC(=O)NCc1ccc(F)cc1)C(=O)CNCC1CC1.Cl. The lowest BCUT2D eigenvalue weighted by Crippen LogP contribution is -2.44. The minimum absolute atomic E-state index is 0. The third-order valence-electron chi connectivity index (χ3n) is 3.88. The van der Waals surface area contributed by atoms with Crippen molar-refractivity contribution in [3.8, 4) is 0 Å². The van der Waals surface area contributed by atoms with Gasteiger partial charge in [0.05, 0.1) is 13.1 Å². The molecule has 1 saturated carbocycles. The van der Waals surface area contributed by atoms with Gasteiger partial charge in [0.15, 0.2) is 0 Å². The molecular weight excluding hydrogens is 333 g/mol. The summed E-state index contributed by atoms with van der Waals surface area (Å²) in [7, 11) is 0. The van der Waals surface area contributed by atoms with Gasteiger partial charge < -0.3 is 15.5 Å². The van der Waals surface area contributed by atoms with Crippen LogP contribution in [0, 0.1) is 11.7 Å². The van der Waals surface area contributed by atoms with Crippen LogP contribution in [0.25, 0.3) is 0 Å². The Hall–Kier alpha value is -1.66. The van der Waals surface area contributed by atoms with E-state index >= 15 is 0 Å². The van der Waals surface area contributed by atoms with E-state index in [1.165, 1.54) is 29.9 Å². The quantitative estimate of drug-likeness (QED) is 0.707. The summed E-state index contributed by atoms with van der Waals surface area (Å²) in [6.45, 7) is 3.86. The number of nitrogens with zero attached hydrogens (tertiary/aromatic N) is 1. The first-order chi connectivity index (χ1) is 11.1. The molecule has 0 atom stereocenters. The standard InChI is InChI=1S/C17H24FN3O2.ClH/c1-2-21(17(23)11-19-9-13-3-4-13)12-16(22)20-10-14-5-7-15(18)8-6-14;/h5-8,13,19H,2-4,9-12H2,1H3,(H,20,22);1H. The lowest BCUT2D eigenvalue weighted by atomic mass is 10.2. The molecule has 1 aliphatic carbocycles. The summed E-state index contributed by atoms with van der Waals surface area (Å²) in [5, 5.41) is 5.89. The Balaban J connectivity index is 0.00000288. The summed E-state index contributed by atoms with van der Waals surface area (Å²) in [6.07, 6.45) is 2.48. The zero-order valence-corrected chi connectivity index (χ0v) is 14.7. The molecule has 0 aromatic heterocycles. The van der Waals surface area contributed by atoms with E-state index in [2.05, 4.69) is 10.6 Å². The maximum Gasteiger partial charge on any atom is 0.239 e. The van der Waals surface area contributed by atoms with Crippen molar-refractivity contribution in [1.29, 1.82) is 0 Å². The summed E-state index contributed by atoms with van der Waals surface area (Å²) < 4.78 is 12.8. The van der Waals surface area contributed by atoms with Crippen LogP contribution in [0.3, 0.4) is 0 Å². The van der Waals surface area contributed by atoms with Crippen molar-refractivity contribution >= 4 is 24.2 Å². The van der Waals surface area contributed by atoms with Gasteiger partial charge >= 0.3 is 0 Å². The fourth-order valence-electron chi connectivity index (χ4n) is 2.23. The predicted molar refractivity (Wildman–Crippen MR) is 93.3 cm³/mol. The van der Waals surface area contributed by atoms with Gasteiger partial charge in [-0.05, 0) is 49.9 Å². The summed E-state index contributed by atoms with van der Waals surface area (Å²) in [5.74, 6) is 0.134. The van der Waals surface area contributed by atoms with Crippen LogP contribution in [0.5, 0.6) is 0 Å². The Bertz CT molecular complexity index is 535. The maximum atomic E-state index is 12.8. The molecule has 1 fully saturated rings. The molecular formula is C17H25ClFN3O2. The van der Waals surface area contributed by atoms with Crippen LogP contribution in [0.2, 0.25) is 0 Å². The molecule has 1 aromatic rings. The minimum atomic E-state index is -0.304. The molecule has 1 aliphatic rings. The molecule has 2 amide bonds. The number of halogens is 2. The molecule has 7 heteroatoms. The Morgan fingerprint density at radius 3 is 2.50 bits per heavy atom. The van der Waals surface area contributed by atoms with Crippen LogP contribution in [-0.4, -0.2) is 42.9 Å². The third-order valence-corrected chi connectivity index (χ3v) is 3.88. The highest BCUT2D eigenvalue weighted by Gasteiger charge is 2.21. The molecule has 0 aliphatic heterocycles. The molecule has 5 nitrogen and oxygen atoms in total. The number of likely N-dealkylation sites (N-methyl/N-ethyl adjacent to an activating group) is 1. The van der Waals surface area contributed by atoms with Gasteiger partial charge in [-0.15, -0.1) is 12.4 Å². The van der Waals surface area contributed by atoms with Crippen LogP contribution in [0.15, 0.2) is 24.3 Å². The van der Waals surface area contributed by atoms with Gasteiger partial charge in [0, 0.05) is 13.1 Å². The zero-order valence-electron chi connectivity index (χ0n) is 13.9. The number of carbonyl (C=O) groups is 2. The van der Waals surface area contributed by atoms with Gasteiger partial charge in [-0.3, -0.25) is 9.59 Å². The van der Waals surface area contributed by atoms with Gasteiger partial charge in [0.2, 0.25) is 11.8 Å². The molecule has 0 radical (unpaired) electrons. The van der Waals surface area contributed by atoms with Crippen molar-refractivity contribution < 1.29 is 14.0 Å². The Morgan fingerprint density at radius 2 is 1.92 bits per heavy atom. The summed E-state index contributed by atoms with van der Waals surface area (Å²) in [5.41, 5.74) is 0.820. The first kappa shape index (κ1) is 20.4. The fraction of sp³-hybridized carbons (Fsp3) is 0.529. The number of carbonyl (C=O) groups excluding carboxylic acids is 2. The molecule has 2 rings (SSSR count). The average Bonchev–Trinajstić information content (AvgIpc) is 3.36. The van der Waals surface area contributed by atoms with E-state index in [-0.39, 0.29) is 43.1 Å². The third kappa shape index (κ3) is 7.27. The first-order valence-electron chi connectivity index (χ1n) is 8.08. The van der Waals surface area contributed by atoms with E-state index in [0.717, 1.165) is 18.0 Å². The van der Waals surface area contributed by atoms with Crippen LogP contribution < -0.4 is 10.6 Å². The number of rotatable bonds is 9. The van der Waals surface area contributed by atoms with Gasteiger partial charge in [0.1, 0.15) is 5.82 Å². The van der Waals surface area contributed by atoms with Gasteiger partial charge in [-0.25, -0.2) is 4.39 Å².